The summed E-state index contributed by atoms with van der Waals surface area (Å²) >= 11 is 0. The Labute approximate surface area is 83.1 Å². The maximum atomic E-state index is 12.8. The minimum atomic E-state index is -3.07. The van der Waals surface area contributed by atoms with Crippen molar-refractivity contribution in [3.63, 3.8) is 0 Å². The molecule has 0 bridgehead atoms. The first-order valence-corrected chi connectivity index (χ1v) is 3.93. The molecule has 0 unspecified atom stereocenters. The van der Waals surface area contributed by atoms with E-state index in [1.54, 1.807) is 0 Å². The molecule has 0 saturated carbocycles. The molecule has 1 rings (SSSR count). The largest absolute Gasteiger partial charge is 0.481 e. The Kier molecular flexibility index (Phi) is 3.54. The summed E-state index contributed by atoms with van der Waals surface area (Å²) in [6.45, 7) is -3.07. The van der Waals surface area contributed by atoms with Crippen molar-refractivity contribution in [1.29, 1.82) is 0 Å². The normalized spacial score (nSPS) is 10.4. The lowest BCUT2D eigenvalue weighted by Crippen LogP contribution is -2.05. The van der Waals surface area contributed by atoms with E-state index in [9.17, 15) is 18.0 Å². The lowest BCUT2D eigenvalue weighted by molar-refractivity contribution is -0.136. The SMILES string of the molecule is O=C(O)Cc1cc(F)cc(OC(F)F)c1. The molecule has 0 heterocycles. The summed E-state index contributed by atoms with van der Waals surface area (Å²) in [4.78, 5) is 10.3. The Morgan fingerprint density at radius 2 is 2.07 bits per heavy atom. The zero-order valence-electron chi connectivity index (χ0n) is 7.41. The Bertz CT molecular complexity index is 366. The first kappa shape index (κ1) is 11.4. The average Bonchev–Trinajstić information content (AvgIpc) is 1.98. The highest BCUT2D eigenvalue weighted by Crippen LogP contribution is 2.18. The number of carboxylic acid groups (broad SMARTS) is 1. The molecule has 1 aromatic carbocycles. The van der Waals surface area contributed by atoms with E-state index in [0.29, 0.717) is 0 Å². The minimum Gasteiger partial charge on any atom is -0.481 e. The highest BCUT2D eigenvalue weighted by atomic mass is 19.3. The van der Waals surface area contributed by atoms with E-state index in [1.165, 1.54) is 0 Å². The van der Waals surface area contributed by atoms with E-state index < -0.39 is 24.8 Å². The molecule has 1 N–H and O–H groups in total. The van der Waals surface area contributed by atoms with E-state index in [1.807, 2.05) is 0 Å². The van der Waals surface area contributed by atoms with Gasteiger partial charge >= 0.3 is 12.6 Å². The lowest BCUT2D eigenvalue weighted by atomic mass is 10.1. The van der Waals surface area contributed by atoms with Gasteiger partial charge in [0, 0.05) is 6.07 Å². The van der Waals surface area contributed by atoms with Crippen LogP contribution in [0.4, 0.5) is 13.2 Å². The molecule has 0 amide bonds. The Balaban J connectivity index is 2.89. The number of hydrogen-bond acceptors (Lipinski definition) is 2. The predicted molar refractivity (Wildman–Crippen MR) is 44.4 cm³/mol. The van der Waals surface area contributed by atoms with Crippen molar-refractivity contribution in [2.75, 3.05) is 0 Å². The molecule has 0 spiro atoms. The van der Waals surface area contributed by atoms with E-state index in [-0.39, 0.29) is 11.3 Å². The summed E-state index contributed by atoms with van der Waals surface area (Å²) in [5.41, 5.74) is 0.0677. The van der Waals surface area contributed by atoms with Crippen LogP contribution in [-0.4, -0.2) is 17.7 Å². The van der Waals surface area contributed by atoms with Crippen LogP contribution in [0, 0.1) is 5.82 Å². The fourth-order valence-electron chi connectivity index (χ4n) is 1.07. The molecule has 0 fully saturated rings. The molecule has 0 aliphatic rings. The Morgan fingerprint density at radius 3 is 2.60 bits per heavy atom. The molecular weight excluding hydrogens is 213 g/mol. The second kappa shape index (κ2) is 4.68. The van der Waals surface area contributed by atoms with Crippen LogP contribution in [-0.2, 0) is 11.2 Å². The topological polar surface area (TPSA) is 46.5 Å². The van der Waals surface area contributed by atoms with E-state index >= 15 is 0 Å². The van der Waals surface area contributed by atoms with E-state index in [0.717, 1.165) is 18.2 Å². The highest BCUT2D eigenvalue weighted by Gasteiger charge is 2.09. The molecular formula is C9H7F3O3. The standard InChI is InChI=1S/C9H7F3O3/c10-6-1-5(3-8(13)14)2-7(4-6)15-9(11)12/h1-2,4,9H,3H2,(H,13,14). The van der Waals surface area contributed by atoms with Gasteiger partial charge in [0.15, 0.2) is 0 Å². The average molecular weight is 220 g/mol. The molecule has 15 heavy (non-hydrogen) atoms. The number of benzene rings is 1. The lowest BCUT2D eigenvalue weighted by Gasteiger charge is -2.06. The summed E-state index contributed by atoms with van der Waals surface area (Å²) in [6.07, 6.45) is -0.447. The van der Waals surface area contributed by atoms with Gasteiger partial charge in [0.2, 0.25) is 0 Å². The molecule has 0 radical (unpaired) electrons. The first-order chi connectivity index (χ1) is 6.97. The number of halogens is 3. The summed E-state index contributed by atoms with van der Waals surface area (Å²) in [6, 6.07) is 2.77. The van der Waals surface area contributed by atoms with Crippen molar-refractivity contribution >= 4 is 5.97 Å². The molecule has 0 aromatic heterocycles. The number of rotatable bonds is 4. The third-order valence-electron chi connectivity index (χ3n) is 1.51. The fraction of sp³-hybridized carbons (Fsp3) is 0.222. The quantitative estimate of drug-likeness (QED) is 0.844. The number of carbonyl (C=O) groups is 1. The van der Waals surface area contributed by atoms with Crippen LogP contribution in [0.5, 0.6) is 5.75 Å². The molecule has 6 heteroatoms. The van der Waals surface area contributed by atoms with Crippen LogP contribution in [0.1, 0.15) is 5.56 Å². The number of carboxylic acids is 1. The summed E-state index contributed by atoms with van der Waals surface area (Å²) in [5.74, 6) is -2.38. The summed E-state index contributed by atoms with van der Waals surface area (Å²) in [7, 11) is 0. The zero-order valence-corrected chi connectivity index (χ0v) is 7.41. The number of aliphatic carboxylic acids is 1. The third-order valence-corrected chi connectivity index (χ3v) is 1.51. The van der Waals surface area contributed by atoms with E-state index in [2.05, 4.69) is 4.74 Å². The van der Waals surface area contributed by atoms with Crippen molar-refractivity contribution in [2.24, 2.45) is 0 Å². The Hall–Kier alpha value is -1.72. The van der Waals surface area contributed by atoms with Crippen LogP contribution < -0.4 is 4.74 Å². The predicted octanol–water partition coefficient (Wildman–Crippen LogP) is 2.05. The van der Waals surface area contributed by atoms with Crippen LogP contribution >= 0.6 is 0 Å². The Morgan fingerprint density at radius 1 is 1.40 bits per heavy atom. The second-order valence-electron chi connectivity index (χ2n) is 2.74. The van der Waals surface area contributed by atoms with Gasteiger partial charge in [0.25, 0.3) is 0 Å². The third kappa shape index (κ3) is 3.88. The van der Waals surface area contributed by atoms with Crippen LogP contribution in [0.25, 0.3) is 0 Å². The van der Waals surface area contributed by atoms with Gasteiger partial charge in [0.05, 0.1) is 6.42 Å². The molecule has 3 nitrogen and oxygen atoms in total. The number of ether oxygens (including phenoxy) is 1. The van der Waals surface area contributed by atoms with Gasteiger partial charge in [-0.2, -0.15) is 8.78 Å². The number of alkyl halides is 2. The molecule has 0 saturated heterocycles. The summed E-state index contributed by atoms with van der Waals surface area (Å²) < 4.78 is 40.3. The van der Waals surface area contributed by atoms with Crippen molar-refractivity contribution in [1.82, 2.24) is 0 Å². The maximum absolute atomic E-state index is 12.8. The molecule has 0 atom stereocenters. The maximum Gasteiger partial charge on any atom is 0.387 e. The molecule has 1 aromatic rings. The fourth-order valence-corrected chi connectivity index (χ4v) is 1.07. The van der Waals surface area contributed by atoms with Crippen molar-refractivity contribution in [3.05, 3.63) is 29.6 Å². The number of hydrogen-bond donors (Lipinski definition) is 1. The van der Waals surface area contributed by atoms with Crippen LogP contribution in [0.15, 0.2) is 18.2 Å². The van der Waals surface area contributed by atoms with E-state index in [4.69, 9.17) is 5.11 Å². The van der Waals surface area contributed by atoms with Crippen molar-refractivity contribution < 1.29 is 27.8 Å². The van der Waals surface area contributed by atoms with Gasteiger partial charge in [0.1, 0.15) is 11.6 Å². The van der Waals surface area contributed by atoms with Crippen LogP contribution in [0.2, 0.25) is 0 Å². The van der Waals surface area contributed by atoms with Crippen LogP contribution in [0.3, 0.4) is 0 Å². The van der Waals surface area contributed by atoms with Gasteiger partial charge in [-0.1, -0.05) is 0 Å². The summed E-state index contributed by atoms with van der Waals surface area (Å²) in [5, 5.41) is 8.42. The molecule has 82 valence electrons. The van der Waals surface area contributed by atoms with Gasteiger partial charge in [-0.15, -0.1) is 0 Å². The van der Waals surface area contributed by atoms with Crippen molar-refractivity contribution in [3.8, 4) is 5.75 Å². The molecule has 0 aliphatic heterocycles. The smallest absolute Gasteiger partial charge is 0.387 e. The monoisotopic (exact) mass is 220 g/mol. The van der Waals surface area contributed by atoms with Gasteiger partial charge in [-0.3, -0.25) is 4.79 Å². The van der Waals surface area contributed by atoms with Gasteiger partial charge in [-0.05, 0) is 17.7 Å². The second-order valence-corrected chi connectivity index (χ2v) is 2.74. The van der Waals surface area contributed by atoms with Gasteiger partial charge < -0.3 is 9.84 Å². The molecule has 0 aliphatic carbocycles. The first-order valence-electron chi connectivity index (χ1n) is 3.93. The van der Waals surface area contributed by atoms with Gasteiger partial charge in [-0.25, -0.2) is 4.39 Å². The minimum absolute atomic E-state index is 0.0677. The zero-order chi connectivity index (χ0) is 11.4. The van der Waals surface area contributed by atoms with Crippen molar-refractivity contribution in [2.45, 2.75) is 13.0 Å². The highest BCUT2D eigenvalue weighted by molar-refractivity contribution is 5.70.